The second kappa shape index (κ2) is 8.45. The fourth-order valence-electron chi connectivity index (χ4n) is 2.48. The molecule has 0 fully saturated rings. The molecule has 0 saturated heterocycles. The molecule has 5 nitrogen and oxygen atoms in total. The van der Waals surface area contributed by atoms with E-state index in [-0.39, 0.29) is 11.8 Å². The van der Waals surface area contributed by atoms with Gasteiger partial charge < -0.3 is 10.5 Å². The van der Waals surface area contributed by atoms with E-state index < -0.39 is 0 Å². The van der Waals surface area contributed by atoms with Gasteiger partial charge in [-0.3, -0.25) is 14.7 Å². The quantitative estimate of drug-likeness (QED) is 0.596. The second-order valence-corrected chi connectivity index (χ2v) is 5.81. The average molecular weight is 327 g/mol. The van der Waals surface area contributed by atoms with Gasteiger partial charge in [0.25, 0.3) is 0 Å². The number of hydrogen-bond acceptors (Lipinski definition) is 5. The summed E-state index contributed by atoms with van der Waals surface area (Å²) >= 11 is 0. The number of carbonyl (C=O) groups excluding carboxylic acids is 1. The molecule has 0 spiro atoms. The Morgan fingerprint density at radius 1 is 1.29 bits per heavy atom. The molecular formula is C19H25N3O2. The molecule has 128 valence electrons. The Morgan fingerprint density at radius 3 is 2.62 bits per heavy atom. The van der Waals surface area contributed by atoms with Gasteiger partial charge in [0.15, 0.2) is 5.78 Å². The van der Waals surface area contributed by atoms with Gasteiger partial charge in [-0.1, -0.05) is 0 Å². The monoisotopic (exact) mass is 327 g/mol. The number of ether oxygens (including phenoxy) is 1. The highest BCUT2D eigenvalue weighted by Crippen LogP contribution is 2.23. The number of nitrogens with zero attached hydrogens (tertiary/aromatic N) is 2. The first-order valence-corrected chi connectivity index (χ1v) is 8.18. The molecule has 2 N–H and O–H groups in total. The van der Waals surface area contributed by atoms with Crippen LogP contribution in [0, 0.1) is 0 Å². The highest BCUT2D eigenvalue weighted by molar-refractivity contribution is 6.00. The molecule has 0 amide bonds. The normalized spacial score (nSPS) is 12.2. The van der Waals surface area contributed by atoms with Crippen LogP contribution in [0.1, 0.15) is 29.8 Å². The number of Topliss-reactive ketones (excluding diaryl/α,β-unsaturated/α-hetero) is 1. The van der Waals surface area contributed by atoms with Crippen LogP contribution in [-0.4, -0.2) is 41.9 Å². The number of ketones is 1. The third-order valence-electron chi connectivity index (χ3n) is 4.14. The summed E-state index contributed by atoms with van der Waals surface area (Å²) < 4.78 is 5.42. The summed E-state index contributed by atoms with van der Waals surface area (Å²) in [7, 11) is 1.96. The van der Waals surface area contributed by atoms with Crippen LogP contribution in [0.25, 0.3) is 0 Å². The maximum absolute atomic E-state index is 12.7. The zero-order chi connectivity index (χ0) is 17.5. The topological polar surface area (TPSA) is 68.5 Å². The van der Waals surface area contributed by atoms with E-state index in [1.54, 1.807) is 30.6 Å². The lowest BCUT2D eigenvalue weighted by atomic mass is 10.0. The predicted molar refractivity (Wildman–Crippen MR) is 96.4 cm³/mol. The van der Waals surface area contributed by atoms with E-state index in [0.717, 1.165) is 13.0 Å². The maximum atomic E-state index is 12.7. The van der Waals surface area contributed by atoms with Crippen molar-refractivity contribution in [2.24, 2.45) is 0 Å². The van der Waals surface area contributed by atoms with Crippen molar-refractivity contribution in [3.8, 4) is 5.75 Å². The van der Waals surface area contributed by atoms with Crippen molar-refractivity contribution in [1.29, 1.82) is 0 Å². The largest absolute Gasteiger partial charge is 0.492 e. The lowest BCUT2D eigenvalue weighted by molar-refractivity contribution is 0.0870. The van der Waals surface area contributed by atoms with Crippen molar-refractivity contribution in [2.75, 3.05) is 25.9 Å². The minimum Gasteiger partial charge on any atom is -0.492 e. The van der Waals surface area contributed by atoms with Crippen LogP contribution in [0.4, 0.5) is 5.69 Å². The van der Waals surface area contributed by atoms with Gasteiger partial charge in [0.2, 0.25) is 0 Å². The van der Waals surface area contributed by atoms with Crippen molar-refractivity contribution in [3.05, 3.63) is 53.9 Å². The standard InChI is InChI=1S/C19H25N3O2/c1-4-24-18-6-5-16(13-17(18)20)19(23)14(2)22(3)12-9-15-7-10-21-11-8-15/h5-8,10-11,13-14H,4,9,12,20H2,1-3H3. The number of hydrogen-bond donors (Lipinski definition) is 1. The summed E-state index contributed by atoms with van der Waals surface area (Å²) in [4.78, 5) is 18.7. The van der Waals surface area contributed by atoms with Gasteiger partial charge in [-0.25, -0.2) is 0 Å². The number of benzene rings is 1. The number of pyridine rings is 1. The Bertz CT molecular complexity index is 674. The van der Waals surface area contributed by atoms with Crippen LogP contribution in [0.2, 0.25) is 0 Å². The van der Waals surface area contributed by atoms with Crippen molar-refractivity contribution >= 4 is 11.5 Å². The van der Waals surface area contributed by atoms with E-state index in [1.807, 2.05) is 33.0 Å². The van der Waals surface area contributed by atoms with Gasteiger partial charge in [-0.05, 0) is 63.2 Å². The number of likely N-dealkylation sites (N-methyl/N-ethyl adjacent to an activating group) is 1. The number of rotatable bonds is 8. The third kappa shape index (κ3) is 4.55. The Kier molecular flexibility index (Phi) is 6.32. The zero-order valence-electron chi connectivity index (χ0n) is 14.5. The molecule has 2 aromatic rings. The highest BCUT2D eigenvalue weighted by Gasteiger charge is 2.20. The minimum absolute atomic E-state index is 0.0574. The summed E-state index contributed by atoms with van der Waals surface area (Å²) in [6.45, 7) is 5.16. The summed E-state index contributed by atoms with van der Waals surface area (Å²) in [6, 6.07) is 9.00. The summed E-state index contributed by atoms with van der Waals surface area (Å²) in [5.41, 5.74) is 8.27. The molecule has 2 rings (SSSR count). The van der Waals surface area contributed by atoms with E-state index in [0.29, 0.717) is 23.6 Å². The Hall–Kier alpha value is -2.40. The smallest absolute Gasteiger partial charge is 0.179 e. The van der Waals surface area contributed by atoms with E-state index in [1.165, 1.54) is 5.56 Å². The molecular weight excluding hydrogens is 302 g/mol. The molecule has 0 radical (unpaired) electrons. The Balaban J connectivity index is 1.99. The maximum Gasteiger partial charge on any atom is 0.179 e. The van der Waals surface area contributed by atoms with Gasteiger partial charge in [0.05, 0.1) is 18.3 Å². The van der Waals surface area contributed by atoms with Crippen LogP contribution in [-0.2, 0) is 6.42 Å². The molecule has 1 aromatic heterocycles. The molecule has 0 aliphatic carbocycles. The predicted octanol–water partition coefficient (Wildman–Crippen LogP) is 2.81. The van der Waals surface area contributed by atoms with Crippen molar-refractivity contribution in [3.63, 3.8) is 0 Å². The van der Waals surface area contributed by atoms with E-state index in [4.69, 9.17) is 10.5 Å². The van der Waals surface area contributed by atoms with Crippen LogP contribution in [0.3, 0.4) is 0 Å². The van der Waals surface area contributed by atoms with Crippen molar-refractivity contribution < 1.29 is 9.53 Å². The summed E-state index contributed by atoms with van der Waals surface area (Å²) in [6.07, 6.45) is 4.45. The third-order valence-corrected chi connectivity index (χ3v) is 4.14. The van der Waals surface area contributed by atoms with Crippen molar-refractivity contribution in [1.82, 2.24) is 9.88 Å². The van der Waals surface area contributed by atoms with E-state index in [9.17, 15) is 4.79 Å². The molecule has 1 unspecified atom stereocenters. The molecule has 1 atom stereocenters. The van der Waals surface area contributed by atoms with Crippen LogP contribution in [0.15, 0.2) is 42.7 Å². The zero-order valence-corrected chi connectivity index (χ0v) is 14.5. The molecule has 0 bridgehead atoms. The first-order chi connectivity index (χ1) is 11.5. The number of aromatic nitrogens is 1. The van der Waals surface area contributed by atoms with Gasteiger partial charge in [-0.2, -0.15) is 0 Å². The summed E-state index contributed by atoms with van der Waals surface area (Å²) in [5.74, 6) is 0.676. The minimum atomic E-state index is -0.218. The van der Waals surface area contributed by atoms with E-state index in [2.05, 4.69) is 9.88 Å². The molecule has 5 heteroatoms. The molecule has 0 aliphatic heterocycles. The van der Waals surface area contributed by atoms with Gasteiger partial charge in [0, 0.05) is 24.5 Å². The van der Waals surface area contributed by atoms with Crippen LogP contribution >= 0.6 is 0 Å². The van der Waals surface area contributed by atoms with Gasteiger partial charge in [0.1, 0.15) is 5.75 Å². The fraction of sp³-hybridized carbons (Fsp3) is 0.368. The van der Waals surface area contributed by atoms with E-state index >= 15 is 0 Å². The number of nitrogens with two attached hydrogens (primary N) is 1. The molecule has 24 heavy (non-hydrogen) atoms. The van der Waals surface area contributed by atoms with Crippen molar-refractivity contribution in [2.45, 2.75) is 26.3 Å². The molecule has 0 saturated carbocycles. The second-order valence-electron chi connectivity index (χ2n) is 5.81. The first-order valence-electron chi connectivity index (χ1n) is 8.18. The summed E-state index contributed by atoms with van der Waals surface area (Å²) in [5, 5.41) is 0. The van der Waals surface area contributed by atoms with Gasteiger partial charge in [-0.15, -0.1) is 0 Å². The number of nitrogen functional groups attached to an aromatic ring is 1. The molecule has 0 aliphatic rings. The SMILES string of the molecule is CCOc1ccc(C(=O)C(C)N(C)CCc2ccncc2)cc1N. The lowest BCUT2D eigenvalue weighted by Gasteiger charge is -2.24. The Labute approximate surface area is 143 Å². The van der Waals surface area contributed by atoms with Crippen LogP contribution < -0.4 is 10.5 Å². The van der Waals surface area contributed by atoms with Crippen LogP contribution in [0.5, 0.6) is 5.75 Å². The lowest BCUT2D eigenvalue weighted by Crippen LogP contribution is -2.37. The highest BCUT2D eigenvalue weighted by atomic mass is 16.5. The number of anilines is 1. The number of carbonyl (C=O) groups is 1. The fourth-order valence-corrected chi connectivity index (χ4v) is 2.48. The first kappa shape index (κ1) is 17.9. The van der Waals surface area contributed by atoms with Gasteiger partial charge >= 0.3 is 0 Å². The Morgan fingerprint density at radius 2 is 2.00 bits per heavy atom. The molecule has 1 aromatic carbocycles. The molecule has 1 heterocycles. The average Bonchev–Trinajstić information content (AvgIpc) is 2.61.